The number of thiazole rings is 1. The summed E-state index contributed by atoms with van der Waals surface area (Å²) in [5.74, 6) is 0.901. The zero-order valence-corrected chi connectivity index (χ0v) is 13.2. The molecule has 1 aromatic carbocycles. The second-order valence-corrected chi connectivity index (χ2v) is 5.74. The van der Waals surface area contributed by atoms with Gasteiger partial charge in [-0.3, -0.25) is 4.79 Å². The summed E-state index contributed by atoms with van der Waals surface area (Å²) in [4.78, 5) is 16.2. The molecule has 4 nitrogen and oxygen atoms in total. The number of aryl methyl sites for hydroxylation is 2. The van der Waals surface area contributed by atoms with Crippen LogP contribution in [0.4, 0.5) is 0 Å². The maximum Gasteiger partial charge on any atom is 0.220 e. The SMILES string of the molecule is COc1ccccc1CCC(=O)NCCc1nc(C)cs1. The van der Waals surface area contributed by atoms with Gasteiger partial charge >= 0.3 is 0 Å². The molecule has 0 spiro atoms. The Balaban J connectivity index is 1.72. The van der Waals surface area contributed by atoms with Crippen molar-refractivity contribution >= 4 is 17.2 Å². The summed E-state index contributed by atoms with van der Waals surface area (Å²) in [6.07, 6.45) is 1.95. The highest BCUT2D eigenvalue weighted by molar-refractivity contribution is 7.09. The van der Waals surface area contributed by atoms with Gasteiger partial charge in [0.05, 0.1) is 12.1 Å². The minimum Gasteiger partial charge on any atom is -0.496 e. The lowest BCUT2D eigenvalue weighted by Gasteiger charge is -2.08. The van der Waals surface area contributed by atoms with Crippen LogP contribution in [-0.2, 0) is 17.6 Å². The summed E-state index contributed by atoms with van der Waals surface area (Å²) < 4.78 is 5.28. The molecule has 0 bridgehead atoms. The molecule has 0 saturated carbocycles. The number of rotatable bonds is 7. The Morgan fingerprint density at radius 1 is 1.33 bits per heavy atom. The number of amides is 1. The molecule has 21 heavy (non-hydrogen) atoms. The van der Waals surface area contributed by atoms with Crippen LogP contribution in [0.3, 0.4) is 0 Å². The molecule has 2 rings (SSSR count). The molecule has 5 heteroatoms. The molecule has 1 N–H and O–H groups in total. The quantitative estimate of drug-likeness (QED) is 0.855. The highest BCUT2D eigenvalue weighted by atomic mass is 32.1. The number of carbonyl (C=O) groups excluding carboxylic acids is 1. The molecule has 0 atom stereocenters. The number of ether oxygens (including phenoxy) is 1. The van der Waals surface area contributed by atoms with Crippen molar-refractivity contribution in [2.45, 2.75) is 26.2 Å². The Hall–Kier alpha value is -1.88. The highest BCUT2D eigenvalue weighted by Crippen LogP contribution is 2.18. The minimum absolute atomic E-state index is 0.0641. The fraction of sp³-hybridized carbons (Fsp3) is 0.375. The fourth-order valence-corrected chi connectivity index (χ4v) is 2.85. The molecule has 0 fully saturated rings. The fourth-order valence-electron chi connectivity index (χ4n) is 2.07. The molecule has 0 radical (unpaired) electrons. The van der Waals surface area contributed by atoms with E-state index in [9.17, 15) is 4.79 Å². The van der Waals surface area contributed by atoms with Gasteiger partial charge in [-0.2, -0.15) is 0 Å². The van der Waals surface area contributed by atoms with Crippen molar-refractivity contribution in [1.29, 1.82) is 0 Å². The van der Waals surface area contributed by atoms with Gasteiger partial charge < -0.3 is 10.1 Å². The first kappa shape index (κ1) is 15.5. The summed E-state index contributed by atoms with van der Waals surface area (Å²) in [5.41, 5.74) is 2.10. The van der Waals surface area contributed by atoms with Crippen LogP contribution in [-0.4, -0.2) is 24.5 Å². The summed E-state index contributed by atoms with van der Waals surface area (Å²) in [7, 11) is 1.65. The Labute approximate surface area is 129 Å². The maximum absolute atomic E-state index is 11.8. The van der Waals surface area contributed by atoms with E-state index >= 15 is 0 Å². The molecule has 0 saturated heterocycles. The first-order valence-corrected chi connectivity index (χ1v) is 7.86. The molecule has 1 amide bonds. The minimum atomic E-state index is 0.0641. The highest BCUT2D eigenvalue weighted by Gasteiger charge is 2.06. The smallest absolute Gasteiger partial charge is 0.220 e. The van der Waals surface area contributed by atoms with E-state index < -0.39 is 0 Å². The molecule has 0 aliphatic carbocycles. The van der Waals surface area contributed by atoms with Crippen molar-refractivity contribution in [3.63, 3.8) is 0 Å². The van der Waals surface area contributed by atoms with E-state index in [1.807, 2.05) is 36.6 Å². The Bertz CT molecular complexity index is 595. The van der Waals surface area contributed by atoms with Gasteiger partial charge in [-0.05, 0) is 25.0 Å². The average molecular weight is 304 g/mol. The lowest BCUT2D eigenvalue weighted by molar-refractivity contribution is -0.121. The van der Waals surface area contributed by atoms with E-state index in [1.165, 1.54) is 0 Å². The zero-order chi connectivity index (χ0) is 15.1. The monoisotopic (exact) mass is 304 g/mol. The molecule has 2 aromatic rings. The van der Waals surface area contributed by atoms with E-state index in [0.29, 0.717) is 19.4 Å². The number of hydrogen-bond acceptors (Lipinski definition) is 4. The molecule has 0 aliphatic heterocycles. The second kappa shape index (κ2) is 7.78. The molecule has 0 unspecified atom stereocenters. The number of nitrogens with zero attached hydrogens (tertiary/aromatic N) is 1. The number of para-hydroxylation sites is 1. The number of nitrogens with one attached hydrogen (secondary N) is 1. The number of carbonyl (C=O) groups is 1. The lowest BCUT2D eigenvalue weighted by Crippen LogP contribution is -2.25. The van der Waals surface area contributed by atoms with Crippen LogP contribution < -0.4 is 10.1 Å². The van der Waals surface area contributed by atoms with Crippen LogP contribution >= 0.6 is 11.3 Å². The summed E-state index contributed by atoms with van der Waals surface area (Å²) in [5, 5.41) is 6.03. The van der Waals surface area contributed by atoms with Crippen LogP contribution in [0.5, 0.6) is 5.75 Å². The molecular formula is C16H20N2O2S. The lowest BCUT2D eigenvalue weighted by atomic mass is 10.1. The maximum atomic E-state index is 11.8. The third kappa shape index (κ3) is 4.86. The first-order valence-electron chi connectivity index (χ1n) is 6.98. The van der Waals surface area contributed by atoms with Gasteiger partial charge in [-0.25, -0.2) is 4.98 Å². The van der Waals surface area contributed by atoms with E-state index in [2.05, 4.69) is 10.3 Å². The Morgan fingerprint density at radius 3 is 2.86 bits per heavy atom. The third-order valence-corrected chi connectivity index (χ3v) is 4.17. The largest absolute Gasteiger partial charge is 0.496 e. The summed E-state index contributed by atoms with van der Waals surface area (Å²) in [6.45, 7) is 2.61. The van der Waals surface area contributed by atoms with E-state index in [0.717, 1.165) is 28.4 Å². The molecule has 112 valence electrons. The van der Waals surface area contributed by atoms with Crippen molar-refractivity contribution in [3.05, 3.63) is 45.9 Å². The van der Waals surface area contributed by atoms with E-state index in [1.54, 1.807) is 18.4 Å². The first-order chi connectivity index (χ1) is 10.2. The van der Waals surface area contributed by atoms with Crippen LogP contribution in [0, 0.1) is 6.92 Å². The second-order valence-electron chi connectivity index (χ2n) is 4.79. The zero-order valence-electron chi connectivity index (χ0n) is 12.4. The molecule has 1 aromatic heterocycles. The van der Waals surface area contributed by atoms with Crippen molar-refractivity contribution in [2.75, 3.05) is 13.7 Å². The van der Waals surface area contributed by atoms with Crippen LogP contribution in [0.2, 0.25) is 0 Å². The van der Waals surface area contributed by atoms with Gasteiger partial charge in [0.2, 0.25) is 5.91 Å². The van der Waals surface area contributed by atoms with Gasteiger partial charge in [0.25, 0.3) is 0 Å². The summed E-state index contributed by atoms with van der Waals surface area (Å²) >= 11 is 1.64. The van der Waals surface area contributed by atoms with Gasteiger partial charge in [0, 0.05) is 30.5 Å². The van der Waals surface area contributed by atoms with Crippen LogP contribution in [0.25, 0.3) is 0 Å². The molecule has 0 aliphatic rings. The normalized spacial score (nSPS) is 10.4. The van der Waals surface area contributed by atoms with E-state index in [-0.39, 0.29) is 5.91 Å². The van der Waals surface area contributed by atoms with Gasteiger partial charge in [-0.15, -0.1) is 11.3 Å². The summed E-state index contributed by atoms with van der Waals surface area (Å²) in [6, 6.07) is 7.79. The Morgan fingerprint density at radius 2 is 2.14 bits per heavy atom. The predicted octanol–water partition coefficient (Wildman–Crippen LogP) is 2.75. The van der Waals surface area contributed by atoms with Crippen molar-refractivity contribution in [1.82, 2.24) is 10.3 Å². The number of methoxy groups -OCH3 is 1. The van der Waals surface area contributed by atoms with Gasteiger partial charge in [0.15, 0.2) is 0 Å². The number of hydrogen-bond donors (Lipinski definition) is 1. The molecule has 1 heterocycles. The van der Waals surface area contributed by atoms with E-state index in [4.69, 9.17) is 4.74 Å². The van der Waals surface area contributed by atoms with Crippen LogP contribution in [0.1, 0.15) is 22.7 Å². The standard InChI is InChI=1S/C16H20N2O2S/c1-12-11-21-16(18-12)9-10-17-15(19)8-7-13-5-3-4-6-14(13)20-2/h3-6,11H,7-10H2,1-2H3,(H,17,19). The predicted molar refractivity (Wildman–Crippen MR) is 84.9 cm³/mol. The van der Waals surface area contributed by atoms with Crippen LogP contribution in [0.15, 0.2) is 29.6 Å². The van der Waals surface area contributed by atoms with Crippen molar-refractivity contribution in [2.24, 2.45) is 0 Å². The van der Waals surface area contributed by atoms with Gasteiger partial charge in [-0.1, -0.05) is 18.2 Å². The number of benzene rings is 1. The molecular weight excluding hydrogens is 284 g/mol. The topological polar surface area (TPSA) is 51.2 Å². The average Bonchev–Trinajstić information content (AvgIpc) is 2.91. The number of aromatic nitrogens is 1. The Kier molecular flexibility index (Phi) is 5.75. The van der Waals surface area contributed by atoms with Crippen molar-refractivity contribution in [3.8, 4) is 5.75 Å². The van der Waals surface area contributed by atoms with Gasteiger partial charge in [0.1, 0.15) is 5.75 Å². The van der Waals surface area contributed by atoms with Crippen molar-refractivity contribution < 1.29 is 9.53 Å². The third-order valence-electron chi connectivity index (χ3n) is 3.14.